The summed E-state index contributed by atoms with van der Waals surface area (Å²) in [6.45, 7) is 1.51. The number of carbonyl (C=O) groups is 1. The third kappa shape index (κ3) is 4.06. The topological polar surface area (TPSA) is 17.1 Å². The van der Waals surface area contributed by atoms with Crippen LogP contribution in [0.5, 0.6) is 0 Å². The van der Waals surface area contributed by atoms with Crippen molar-refractivity contribution in [3.05, 3.63) is 0 Å². The normalized spacial score (nSPS) is 6.60. The molecule has 0 aliphatic rings. The maximum atomic E-state index is 9.74. The van der Waals surface area contributed by atoms with Crippen LogP contribution in [0.15, 0.2) is 0 Å². The van der Waals surface area contributed by atoms with Gasteiger partial charge in [0.1, 0.15) is 0 Å². The van der Waals surface area contributed by atoms with Crippen molar-refractivity contribution in [2.45, 2.75) is 6.92 Å². The molecule has 2 heteroatoms. The molecule has 0 atom stereocenters. The van der Waals surface area contributed by atoms with E-state index >= 15 is 0 Å². The van der Waals surface area contributed by atoms with E-state index in [1.165, 1.54) is 11.8 Å². The Kier molecular flexibility index (Phi) is 2.33. The van der Waals surface area contributed by atoms with Crippen LogP contribution in [0.4, 0.5) is 0 Å². The molecule has 1 nitrogen and oxygen atoms in total. The van der Waals surface area contributed by atoms with Gasteiger partial charge in [-0.15, -0.1) is 0 Å². The van der Waals surface area contributed by atoms with Crippen molar-refractivity contribution in [2.24, 2.45) is 0 Å². The van der Waals surface area contributed by atoms with E-state index in [4.69, 9.17) is 0 Å². The van der Waals surface area contributed by atoms with Crippen LogP contribution in [-0.4, -0.2) is 26.3 Å². The van der Waals surface area contributed by atoms with Crippen LogP contribution >= 0.6 is 0 Å². The third-order valence-corrected chi connectivity index (χ3v) is 0.945. The Balaban J connectivity index is 3.20. The predicted octanol–water partition coefficient (Wildman–Crippen LogP) is -0.722. The molecule has 0 aromatic rings. The summed E-state index contributed by atoms with van der Waals surface area (Å²) in [6.07, 6.45) is 0. The first-order valence-electron chi connectivity index (χ1n) is 1.25. The summed E-state index contributed by atoms with van der Waals surface area (Å²) in [5.74, 6) is 0.102. The second-order valence-electron chi connectivity index (χ2n) is 0.740. The van der Waals surface area contributed by atoms with Gasteiger partial charge in [0.25, 0.3) is 0 Å². The summed E-state index contributed by atoms with van der Waals surface area (Å²) in [6, 6.07) is 0. The second-order valence-corrected chi connectivity index (χ2v) is 1.28. The first-order chi connectivity index (χ1) is 2.27. The molecule has 0 aromatic heterocycles. The van der Waals surface area contributed by atoms with Crippen LogP contribution in [0.25, 0.3) is 0 Å². The molecule has 0 unspecified atom stereocenters. The van der Waals surface area contributed by atoms with E-state index in [0.717, 1.165) is 0 Å². The Morgan fingerprint density at radius 2 is 2.20 bits per heavy atom. The molecule has 0 aliphatic carbocycles. The Morgan fingerprint density at radius 3 is 2.20 bits per heavy atom. The summed E-state index contributed by atoms with van der Waals surface area (Å²) < 4.78 is 0. The van der Waals surface area contributed by atoms with Crippen LogP contribution in [0.3, 0.4) is 0 Å². The van der Waals surface area contributed by atoms with E-state index in [9.17, 15) is 4.79 Å². The quantitative estimate of drug-likeness (QED) is 0.434. The molecule has 0 spiro atoms. The molecule has 0 heterocycles. The van der Waals surface area contributed by atoms with Crippen LogP contribution in [0.2, 0.25) is 0 Å². The van der Waals surface area contributed by atoms with Crippen molar-refractivity contribution >= 4 is 26.3 Å². The van der Waals surface area contributed by atoms with Gasteiger partial charge in [-0.2, -0.15) is 0 Å². The molecule has 0 N–H and O–H groups in total. The third-order valence-electron chi connectivity index (χ3n) is 0.182. The molecule has 0 rings (SSSR count). The molecular weight excluding hydrogens is 131 g/mol. The van der Waals surface area contributed by atoms with E-state index in [-0.39, 0.29) is 5.78 Å². The van der Waals surface area contributed by atoms with Gasteiger partial charge in [0, 0.05) is 0 Å². The Hall–Kier alpha value is 0.0595. The Morgan fingerprint density at radius 1 is 2.00 bits per heavy atom. The monoisotopic (exact) mass is 137 g/mol. The van der Waals surface area contributed by atoms with Crippen molar-refractivity contribution in [1.29, 1.82) is 0 Å². The number of carbonyl (C=O) groups excluding carboxylic acids is 1. The fourth-order valence-corrected chi connectivity index (χ4v) is 0. The Labute approximate surface area is 38.7 Å². The molecule has 0 saturated carbocycles. The first-order valence-corrected chi connectivity index (χ1v) is 2.33. The minimum atomic E-state index is 0.102. The fraction of sp³-hybridized carbons (Fsp3) is 0.333. The summed E-state index contributed by atoms with van der Waals surface area (Å²) >= 11 is 2.10. The molecule has 0 aromatic carbocycles. The molecule has 1 radical (unpaired) electrons. The molecule has 5 heavy (non-hydrogen) atoms. The van der Waals surface area contributed by atoms with E-state index < -0.39 is 0 Å². The SMILES string of the molecule is CC(=O)C=[SeH]. The molecule has 0 fully saturated rings. The molecule has 0 aliphatic heterocycles. The van der Waals surface area contributed by atoms with Crippen molar-refractivity contribution in [3.63, 3.8) is 0 Å². The first kappa shape index (κ1) is 5.06. The van der Waals surface area contributed by atoms with Crippen LogP contribution < -0.4 is 0 Å². The average Bonchev–Trinajstić information content (AvgIpc) is 1.38. The Bertz CT molecular complexity index is 57.9. The van der Waals surface area contributed by atoms with Gasteiger partial charge >= 0.3 is 38.0 Å². The van der Waals surface area contributed by atoms with Gasteiger partial charge in [0.2, 0.25) is 0 Å². The van der Waals surface area contributed by atoms with Gasteiger partial charge < -0.3 is 0 Å². The zero-order valence-corrected chi connectivity index (χ0v) is 4.81. The number of hydrogen-bond acceptors (Lipinski definition) is 1. The maximum absolute atomic E-state index is 9.74. The van der Waals surface area contributed by atoms with Crippen LogP contribution in [-0.2, 0) is 4.79 Å². The van der Waals surface area contributed by atoms with E-state index in [0.29, 0.717) is 0 Å². The van der Waals surface area contributed by atoms with E-state index in [1.807, 2.05) is 0 Å². The molecule has 0 bridgehead atoms. The second kappa shape index (κ2) is 2.31. The van der Waals surface area contributed by atoms with Crippen molar-refractivity contribution < 1.29 is 4.79 Å². The fourth-order valence-electron chi connectivity index (χ4n) is 0. The summed E-state index contributed by atoms with van der Waals surface area (Å²) in [5.41, 5.74) is 0. The summed E-state index contributed by atoms with van der Waals surface area (Å²) in [7, 11) is 0. The van der Waals surface area contributed by atoms with Gasteiger partial charge in [-0.1, -0.05) is 0 Å². The predicted molar refractivity (Wildman–Crippen MR) is 23.9 cm³/mol. The summed E-state index contributed by atoms with van der Waals surface area (Å²) in [4.78, 5) is 11.2. The number of ketones is 1. The van der Waals surface area contributed by atoms with Gasteiger partial charge in [-0.3, -0.25) is 0 Å². The van der Waals surface area contributed by atoms with Crippen molar-refractivity contribution in [3.8, 4) is 0 Å². The van der Waals surface area contributed by atoms with Gasteiger partial charge in [-0.25, -0.2) is 0 Å². The van der Waals surface area contributed by atoms with Gasteiger partial charge in [-0.05, 0) is 0 Å². The van der Waals surface area contributed by atoms with Gasteiger partial charge in [0.15, 0.2) is 0 Å². The zero-order valence-electron chi connectivity index (χ0n) is 2.93. The minimum absolute atomic E-state index is 0.102. The average molecular weight is 136 g/mol. The van der Waals surface area contributed by atoms with Gasteiger partial charge in [0.05, 0.1) is 0 Å². The molecule has 0 saturated heterocycles. The number of hydrogen-bond donors (Lipinski definition) is 0. The number of rotatable bonds is 1. The van der Waals surface area contributed by atoms with Crippen molar-refractivity contribution in [2.75, 3.05) is 0 Å². The molecule has 0 amide bonds. The molecule has 29 valence electrons. The van der Waals surface area contributed by atoms with Crippen molar-refractivity contribution in [1.82, 2.24) is 0 Å². The van der Waals surface area contributed by atoms with E-state index in [2.05, 4.69) is 15.6 Å². The molecular formula is C3H5OSe. The standard InChI is InChI=1S/C3H5OSe/c1-3(4)2-5/h2,5H,1H3. The van der Waals surface area contributed by atoms with Crippen LogP contribution in [0.1, 0.15) is 6.92 Å². The zero-order chi connectivity index (χ0) is 4.28. The van der Waals surface area contributed by atoms with E-state index in [1.54, 1.807) is 0 Å². The summed E-state index contributed by atoms with van der Waals surface area (Å²) in [5, 5.41) is 0. The van der Waals surface area contributed by atoms with Crippen LogP contribution in [0, 0.1) is 0 Å². The number of Topliss-reactive ketones (excluding diaryl/α,β-unsaturated/α-hetero) is 1.